The summed E-state index contributed by atoms with van der Waals surface area (Å²) in [6.45, 7) is 0. The molecule has 0 saturated carbocycles. The number of carbonyl (C=O) groups is 1. The summed E-state index contributed by atoms with van der Waals surface area (Å²) in [6, 6.07) is 9.76. The molecule has 0 spiro atoms. The number of hydrogen-bond donors (Lipinski definition) is 1. The van der Waals surface area contributed by atoms with Gasteiger partial charge in [-0.15, -0.1) is 5.10 Å². The van der Waals surface area contributed by atoms with E-state index in [0.29, 0.717) is 14.9 Å². The number of tetrazole rings is 1. The molecule has 4 rings (SSSR count). The highest BCUT2D eigenvalue weighted by atomic mass is 32.2. The summed E-state index contributed by atoms with van der Waals surface area (Å²) in [5.74, 6) is -0.191. The lowest BCUT2D eigenvalue weighted by Gasteiger charge is -2.03. The van der Waals surface area contributed by atoms with Gasteiger partial charge in [0.1, 0.15) is 4.32 Å². The predicted molar refractivity (Wildman–Crippen MR) is 84.6 cm³/mol. The lowest BCUT2D eigenvalue weighted by molar-refractivity contribution is -0.115. The van der Waals surface area contributed by atoms with Crippen molar-refractivity contribution in [2.24, 2.45) is 0 Å². The third-order valence-corrected chi connectivity index (χ3v) is 4.29. The molecule has 0 radical (unpaired) electrons. The zero-order chi connectivity index (χ0) is 14.4. The first-order valence-electron chi connectivity index (χ1n) is 6.07. The molecule has 1 aliphatic heterocycles. The van der Waals surface area contributed by atoms with Crippen LogP contribution in [0.2, 0.25) is 0 Å². The van der Waals surface area contributed by atoms with Gasteiger partial charge in [-0.05, 0) is 28.6 Å². The monoisotopic (exact) mass is 313 g/mol. The molecule has 0 unspecified atom stereocenters. The van der Waals surface area contributed by atoms with E-state index < -0.39 is 0 Å². The number of aromatic nitrogens is 4. The Bertz CT molecular complexity index is 946. The summed E-state index contributed by atoms with van der Waals surface area (Å²) in [4.78, 5) is 12.3. The fourth-order valence-electron chi connectivity index (χ4n) is 2.23. The molecule has 1 N–H and O–H groups in total. The quantitative estimate of drug-likeness (QED) is 0.545. The fourth-order valence-corrected chi connectivity index (χ4v) is 3.27. The molecule has 102 valence electrons. The number of nitrogens with zero attached hydrogens (tertiary/aromatic N) is 4. The van der Waals surface area contributed by atoms with E-state index in [-0.39, 0.29) is 5.91 Å². The normalized spacial score (nSPS) is 17.0. The number of para-hydroxylation sites is 1. The number of hydrogen-bond acceptors (Lipinski definition) is 6. The van der Waals surface area contributed by atoms with Gasteiger partial charge in [0.2, 0.25) is 0 Å². The molecule has 1 aliphatic rings. The third kappa shape index (κ3) is 1.99. The first kappa shape index (κ1) is 12.4. The molecule has 1 aromatic carbocycles. The molecule has 1 fully saturated rings. The first-order valence-corrected chi connectivity index (χ1v) is 7.29. The van der Waals surface area contributed by atoms with Gasteiger partial charge in [-0.2, -0.15) is 4.52 Å². The second-order valence-electron chi connectivity index (χ2n) is 4.43. The number of nitrogens with one attached hydrogen (secondary N) is 1. The Labute approximate surface area is 128 Å². The largest absolute Gasteiger partial charge is 0.307 e. The van der Waals surface area contributed by atoms with Crippen LogP contribution in [0, 0.1) is 0 Å². The zero-order valence-corrected chi connectivity index (χ0v) is 12.1. The molecule has 2 aromatic heterocycles. The molecule has 0 atom stereocenters. The van der Waals surface area contributed by atoms with Crippen LogP contribution in [0.4, 0.5) is 0 Å². The van der Waals surface area contributed by atoms with Crippen LogP contribution in [0.3, 0.4) is 0 Å². The lowest BCUT2D eigenvalue weighted by Crippen LogP contribution is -2.17. The van der Waals surface area contributed by atoms with E-state index >= 15 is 0 Å². The maximum Gasteiger partial charge on any atom is 0.263 e. The number of pyridine rings is 1. The van der Waals surface area contributed by atoms with Gasteiger partial charge in [-0.1, -0.05) is 42.2 Å². The molecule has 1 amide bonds. The SMILES string of the molecule is O=C1NC(=S)S/C1=C\c1cc2ccccc2n2nnnc12. The van der Waals surface area contributed by atoms with E-state index in [1.165, 1.54) is 11.8 Å². The molecule has 3 heterocycles. The minimum atomic E-state index is -0.191. The van der Waals surface area contributed by atoms with E-state index in [9.17, 15) is 4.79 Å². The maximum absolute atomic E-state index is 11.8. The molecule has 1 saturated heterocycles. The molecular formula is C13H7N5OS2. The van der Waals surface area contributed by atoms with Crippen LogP contribution < -0.4 is 5.32 Å². The highest BCUT2D eigenvalue weighted by Gasteiger charge is 2.22. The number of rotatable bonds is 1. The van der Waals surface area contributed by atoms with Gasteiger partial charge in [-0.3, -0.25) is 4.79 Å². The predicted octanol–water partition coefficient (Wildman–Crippen LogP) is 1.77. The van der Waals surface area contributed by atoms with E-state index in [0.717, 1.165) is 16.5 Å². The maximum atomic E-state index is 11.8. The molecular weight excluding hydrogens is 306 g/mol. The Morgan fingerprint density at radius 1 is 1.33 bits per heavy atom. The van der Waals surface area contributed by atoms with E-state index in [4.69, 9.17) is 12.2 Å². The molecule has 0 aliphatic carbocycles. The van der Waals surface area contributed by atoms with E-state index in [1.807, 2.05) is 30.3 Å². The van der Waals surface area contributed by atoms with E-state index in [2.05, 4.69) is 20.8 Å². The minimum Gasteiger partial charge on any atom is -0.307 e. The third-order valence-electron chi connectivity index (χ3n) is 3.13. The second-order valence-corrected chi connectivity index (χ2v) is 6.14. The lowest BCUT2D eigenvalue weighted by atomic mass is 10.1. The van der Waals surface area contributed by atoms with Crippen molar-refractivity contribution in [3.63, 3.8) is 0 Å². The fraction of sp³-hybridized carbons (Fsp3) is 0. The Balaban J connectivity index is 1.99. The number of amides is 1. The summed E-state index contributed by atoms with van der Waals surface area (Å²) >= 11 is 6.23. The molecule has 21 heavy (non-hydrogen) atoms. The summed E-state index contributed by atoms with van der Waals surface area (Å²) < 4.78 is 2.13. The van der Waals surface area contributed by atoms with Crippen molar-refractivity contribution in [3.05, 3.63) is 40.8 Å². The number of thiocarbonyl (C=S) groups is 1. The Kier molecular flexibility index (Phi) is 2.72. The highest BCUT2D eigenvalue weighted by Crippen LogP contribution is 2.28. The molecule has 0 bridgehead atoms. The van der Waals surface area contributed by atoms with Crippen molar-refractivity contribution in [1.29, 1.82) is 0 Å². The van der Waals surface area contributed by atoms with Crippen LogP contribution >= 0.6 is 24.0 Å². The van der Waals surface area contributed by atoms with E-state index in [1.54, 1.807) is 10.6 Å². The highest BCUT2D eigenvalue weighted by molar-refractivity contribution is 8.26. The molecule has 3 aromatic rings. The van der Waals surface area contributed by atoms with Crippen molar-refractivity contribution in [2.45, 2.75) is 0 Å². The van der Waals surface area contributed by atoms with Crippen LogP contribution in [0.15, 0.2) is 35.2 Å². The van der Waals surface area contributed by atoms with Crippen molar-refractivity contribution in [1.82, 2.24) is 25.4 Å². The van der Waals surface area contributed by atoms with Crippen molar-refractivity contribution in [3.8, 4) is 0 Å². The van der Waals surface area contributed by atoms with Crippen LogP contribution in [0.25, 0.3) is 22.6 Å². The summed E-state index contributed by atoms with van der Waals surface area (Å²) in [6.07, 6.45) is 1.76. The van der Waals surface area contributed by atoms with Crippen LogP contribution in [-0.4, -0.2) is 30.3 Å². The average Bonchev–Trinajstić information content (AvgIpc) is 3.07. The second kappa shape index (κ2) is 4.61. The first-order chi connectivity index (χ1) is 10.2. The van der Waals surface area contributed by atoms with Gasteiger partial charge in [0.15, 0.2) is 5.65 Å². The van der Waals surface area contributed by atoms with Gasteiger partial charge < -0.3 is 5.32 Å². The Morgan fingerprint density at radius 2 is 2.19 bits per heavy atom. The average molecular weight is 313 g/mol. The number of carbonyl (C=O) groups excluding carboxylic acids is 1. The van der Waals surface area contributed by atoms with Crippen molar-refractivity contribution >= 4 is 56.8 Å². The number of benzene rings is 1. The van der Waals surface area contributed by atoms with Crippen LogP contribution in [-0.2, 0) is 4.79 Å². The molecule has 6 nitrogen and oxygen atoms in total. The number of thioether (sulfide) groups is 1. The van der Waals surface area contributed by atoms with Gasteiger partial charge in [0, 0.05) is 10.9 Å². The smallest absolute Gasteiger partial charge is 0.263 e. The minimum absolute atomic E-state index is 0.191. The summed E-state index contributed by atoms with van der Waals surface area (Å²) in [5.41, 5.74) is 2.30. The van der Waals surface area contributed by atoms with Crippen LogP contribution in [0.5, 0.6) is 0 Å². The van der Waals surface area contributed by atoms with Gasteiger partial charge in [0.05, 0.1) is 10.4 Å². The molecule has 8 heteroatoms. The standard InChI is InChI=1S/C13H7N5OS2/c19-12-10(21-13(20)14-12)6-8-5-7-3-1-2-4-9(7)18-11(8)15-16-17-18/h1-6H,(H,14,19,20)/b10-6-. The van der Waals surface area contributed by atoms with Gasteiger partial charge in [-0.25, -0.2) is 0 Å². The van der Waals surface area contributed by atoms with Crippen molar-refractivity contribution in [2.75, 3.05) is 0 Å². The summed E-state index contributed by atoms with van der Waals surface area (Å²) in [5, 5.41) is 15.4. The topological polar surface area (TPSA) is 72.2 Å². The Morgan fingerprint density at radius 3 is 3.00 bits per heavy atom. The number of fused-ring (bicyclic) bond motifs is 3. The summed E-state index contributed by atoms with van der Waals surface area (Å²) in [7, 11) is 0. The van der Waals surface area contributed by atoms with Crippen LogP contribution in [0.1, 0.15) is 5.56 Å². The Hall–Kier alpha value is -2.32. The van der Waals surface area contributed by atoms with Crippen molar-refractivity contribution < 1.29 is 4.79 Å². The van der Waals surface area contributed by atoms with Gasteiger partial charge in [0.25, 0.3) is 5.91 Å². The van der Waals surface area contributed by atoms with Gasteiger partial charge >= 0.3 is 0 Å². The zero-order valence-electron chi connectivity index (χ0n) is 10.5.